The molecule has 0 unspecified atom stereocenters. The van der Waals surface area contributed by atoms with E-state index >= 15 is 0 Å². The van der Waals surface area contributed by atoms with Crippen molar-refractivity contribution in [3.8, 4) is 17.1 Å². The Morgan fingerprint density at radius 3 is 2.74 bits per heavy atom. The first-order chi connectivity index (χ1) is 11.1. The van der Waals surface area contributed by atoms with Gasteiger partial charge >= 0.3 is 5.97 Å². The molecule has 0 saturated heterocycles. The van der Waals surface area contributed by atoms with Gasteiger partial charge in [-0.2, -0.15) is 0 Å². The van der Waals surface area contributed by atoms with E-state index in [1.807, 2.05) is 37.3 Å². The van der Waals surface area contributed by atoms with Crippen LogP contribution in [0.5, 0.6) is 5.75 Å². The van der Waals surface area contributed by atoms with Gasteiger partial charge in [-0.3, -0.25) is 0 Å². The van der Waals surface area contributed by atoms with Gasteiger partial charge in [0.15, 0.2) is 5.76 Å². The molecule has 0 atom stereocenters. The summed E-state index contributed by atoms with van der Waals surface area (Å²) in [6.45, 7) is 1.81. The zero-order chi connectivity index (χ0) is 16.2. The van der Waals surface area contributed by atoms with Crippen LogP contribution in [0.1, 0.15) is 21.6 Å². The van der Waals surface area contributed by atoms with E-state index in [0.717, 1.165) is 11.1 Å². The number of carbonyl (C=O) groups is 1. The summed E-state index contributed by atoms with van der Waals surface area (Å²) in [6, 6.07) is 16.0. The van der Waals surface area contributed by atoms with E-state index in [-0.39, 0.29) is 17.9 Å². The number of hydrogen-bond donors (Lipinski definition) is 1. The van der Waals surface area contributed by atoms with Crippen LogP contribution in [0, 0.1) is 6.92 Å². The molecule has 0 amide bonds. The monoisotopic (exact) mass is 309 g/mol. The Hall–Kier alpha value is -3.08. The van der Waals surface area contributed by atoms with Crippen molar-refractivity contribution in [1.82, 2.24) is 5.16 Å². The fraction of sp³-hybridized carbons (Fsp3) is 0.111. The van der Waals surface area contributed by atoms with Crippen molar-refractivity contribution in [3.63, 3.8) is 0 Å². The minimum Gasteiger partial charge on any atom is -0.507 e. The van der Waals surface area contributed by atoms with Gasteiger partial charge in [0.1, 0.15) is 23.6 Å². The fourth-order valence-electron chi connectivity index (χ4n) is 2.15. The highest BCUT2D eigenvalue weighted by atomic mass is 16.5. The highest BCUT2D eigenvalue weighted by Crippen LogP contribution is 2.22. The maximum Gasteiger partial charge on any atom is 0.342 e. The summed E-state index contributed by atoms with van der Waals surface area (Å²) >= 11 is 0. The van der Waals surface area contributed by atoms with Gasteiger partial charge in [0.05, 0.1) is 0 Å². The van der Waals surface area contributed by atoms with Gasteiger partial charge in [-0.25, -0.2) is 4.79 Å². The topological polar surface area (TPSA) is 72.6 Å². The standard InChI is InChI=1S/C18H15NO4/c1-12-7-8-16(20)15(9-12)18(21)22-11-14-10-17(23-19-14)13-5-3-2-4-6-13/h2-10,20H,11H2,1H3. The van der Waals surface area contributed by atoms with Crippen molar-refractivity contribution < 1.29 is 19.2 Å². The summed E-state index contributed by atoms with van der Waals surface area (Å²) in [4.78, 5) is 12.0. The molecule has 0 saturated carbocycles. The zero-order valence-corrected chi connectivity index (χ0v) is 12.5. The highest BCUT2D eigenvalue weighted by molar-refractivity contribution is 5.92. The predicted octanol–water partition coefficient (Wildman–Crippen LogP) is 3.71. The molecule has 3 rings (SSSR count). The lowest BCUT2D eigenvalue weighted by Gasteiger charge is -2.05. The molecule has 0 bridgehead atoms. The van der Waals surface area contributed by atoms with Crippen LogP contribution in [-0.2, 0) is 11.3 Å². The first-order valence-corrected chi connectivity index (χ1v) is 7.11. The van der Waals surface area contributed by atoms with Crippen molar-refractivity contribution in [2.75, 3.05) is 0 Å². The Labute approximate surface area is 133 Å². The molecule has 0 fully saturated rings. The fourth-order valence-corrected chi connectivity index (χ4v) is 2.15. The molecule has 0 aliphatic rings. The van der Waals surface area contributed by atoms with E-state index in [1.165, 1.54) is 6.07 Å². The Balaban J connectivity index is 1.68. The largest absolute Gasteiger partial charge is 0.507 e. The lowest BCUT2D eigenvalue weighted by molar-refractivity contribution is 0.0461. The SMILES string of the molecule is Cc1ccc(O)c(C(=O)OCc2cc(-c3ccccc3)on2)c1. The maximum absolute atomic E-state index is 12.0. The smallest absolute Gasteiger partial charge is 0.342 e. The first kappa shape index (κ1) is 14.8. The summed E-state index contributed by atoms with van der Waals surface area (Å²) in [5.74, 6) is -0.101. The molecule has 0 aliphatic heterocycles. The molecule has 1 N–H and O–H groups in total. The van der Waals surface area contributed by atoms with Crippen molar-refractivity contribution in [2.45, 2.75) is 13.5 Å². The summed E-state index contributed by atoms with van der Waals surface area (Å²) in [5.41, 5.74) is 2.40. The lowest BCUT2D eigenvalue weighted by atomic mass is 10.1. The highest BCUT2D eigenvalue weighted by Gasteiger charge is 2.14. The van der Waals surface area contributed by atoms with E-state index in [2.05, 4.69) is 5.16 Å². The third kappa shape index (κ3) is 3.40. The summed E-state index contributed by atoms with van der Waals surface area (Å²) in [6.07, 6.45) is 0. The normalized spacial score (nSPS) is 10.5. The molecule has 23 heavy (non-hydrogen) atoms. The Morgan fingerprint density at radius 1 is 1.17 bits per heavy atom. The second-order valence-corrected chi connectivity index (χ2v) is 5.15. The molecule has 1 aromatic heterocycles. The summed E-state index contributed by atoms with van der Waals surface area (Å²) in [5, 5.41) is 13.6. The van der Waals surface area contributed by atoms with E-state index in [9.17, 15) is 9.90 Å². The number of benzene rings is 2. The molecular formula is C18H15NO4. The maximum atomic E-state index is 12.0. The second-order valence-electron chi connectivity index (χ2n) is 5.15. The van der Waals surface area contributed by atoms with Crippen LogP contribution in [-0.4, -0.2) is 16.2 Å². The molecular weight excluding hydrogens is 294 g/mol. The van der Waals surface area contributed by atoms with Crippen LogP contribution >= 0.6 is 0 Å². The third-order valence-corrected chi connectivity index (χ3v) is 3.34. The number of aromatic nitrogens is 1. The molecule has 5 heteroatoms. The third-order valence-electron chi connectivity index (χ3n) is 3.34. The van der Waals surface area contributed by atoms with Gasteiger partial charge in [0, 0.05) is 11.6 Å². The molecule has 3 aromatic rings. The van der Waals surface area contributed by atoms with Crippen LogP contribution in [0.15, 0.2) is 59.1 Å². The minimum atomic E-state index is -0.601. The minimum absolute atomic E-state index is 0.0252. The number of aryl methyl sites for hydroxylation is 1. The predicted molar refractivity (Wildman–Crippen MR) is 83.9 cm³/mol. The van der Waals surface area contributed by atoms with E-state index in [1.54, 1.807) is 18.2 Å². The van der Waals surface area contributed by atoms with Gasteiger partial charge in [0.25, 0.3) is 0 Å². The number of hydrogen-bond acceptors (Lipinski definition) is 5. The average Bonchev–Trinajstić information content (AvgIpc) is 3.05. The summed E-state index contributed by atoms with van der Waals surface area (Å²) < 4.78 is 10.4. The number of rotatable bonds is 4. The Bertz CT molecular complexity index is 824. The number of nitrogens with zero attached hydrogens (tertiary/aromatic N) is 1. The number of ether oxygens (including phenoxy) is 1. The van der Waals surface area contributed by atoms with Crippen LogP contribution in [0.2, 0.25) is 0 Å². The van der Waals surface area contributed by atoms with Gasteiger partial charge in [-0.1, -0.05) is 47.1 Å². The van der Waals surface area contributed by atoms with Gasteiger partial charge in [0.2, 0.25) is 0 Å². The Kier molecular flexibility index (Phi) is 4.10. The molecule has 116 valence electrons. The van der Waals surface area contributed by atoms with Gasteiger partial charge < -0.3 is 14.4 Å². The first-order valence-electron chi connectivity index (χ1n) is 7.11. The van der Waals surface area contributed by atoms with Crippen LogP contribution in [0.25, 0.3) is 11.3 Å². The number of phenols is 1. The number of phenolic OH excluding ortho intramolecular Hbond substituents is 1. The molecule has 5 nitrogen and oxygen atoms in total. The van der Waals surface area contributed by atoms with Crippen LogP contribution in [0.4, 0.5) is 0 Å². The van der Waals surface area contributed by atoms with Crippen molar-refractivity contribution in [2.24, 2.45) is 0 Å². The Morgan fingerprint density at radius 2 is 1.96 bits per heavy atom. The van der Waals surface area contributed by atoms with E-state index in [0.29, 0.717) is 11.5 Å². The van der Waals surface area contributed by atoms with Crippen LogP contribution in [0.3, 0.4) is 0 Å². The van der Waals surface area contributed by atoms with E-state index < -0.39 is 5.97 Å². The lowest BCUT2D eigenvalue weighted by Crippen LogP contribution is -2.06. The van der Waals surface area contributed by atoms with Crippen molar-refractivity contribution in [3.05, 3.63) is 71.4 Å². The molecule has 2 aromatic carbocycles. The molecule has 0 spiro atoms. The molecule has 0 aliphatic carbocycles. The van der Waals surface area contributed by atoms with Crippen molar-refractivity contribution >= 4 is 5.97 Å². The molecule has 1 heterocycles. The van der Waals surface area contributed by atoms with Crippen LogP contribution < -0.4 is 0 Å². The van der Waals surface area contributed by atoms with E-state index in [4.69, 9.17) is 9.26 Å². The van der Waals surface area contributed by atoms with Gasteiger partial charge in [-0.15, -0.1) is 0 Å². The zero-order valence-electron chi connectivity index (χ0n) is 12.5. The molecule has 0 radical (unpaired) electrons. The second kappa shape index (κ2) is 6.36. The number of esters is 1. The average molecular weight is 309 g/mol. The summed E-state index contributed by atoms with van der Waals surface area (Å²) in [7, 11) is 0. The van der Waals surface area contributed by atoms with Gasteiger partial charge in [-0.05, 0) is 19.1 Å². The number of carbonyl (C=O) groups excluding carboxylic acids is 1. The van der Waals surface area contributed by atoms with Crippen molar-refractivity contribution in [1.29, 1.82) is 0 Å². The quantitative estimate of drug-likeness (QED) is 0.744. The number of aromatic hydroxyl groups is 1.